The van der Waals surface area contributed by atoms with E-state index >= 15 is 0 Å². The van der Waals surface area contributed by atoms with Crippen LogP contribution in [-0.2, 0) is 4.79 Å². The zero-order valence-electron chi connectivity index (χ0n) is 13.4. The molecular weight excluding hydrogens is 338 g/mol. The number of furan rings is 1. The lowest BCUT2D eigenvalue weighted by Crippen LogP contribution is -2.10. The molecule has 0 saturated carbocycles. The zero-order chi connectivity index (χ0) is 17.6. The summed E-state index contributed by atoms with van der Waals surface area (Å²) in [4.78, 5) is 24.4. The zero-order valence-corrected chi connectivity index (χ0v) is 14.2. The molecule has 25 heavy (non-hydrogen) atoms. The van der Waals surface area contributed by atoms with Gasteiger partial charge >= 0.3 is 5.97 Å². The van der Waals surface area contributed by atoms with Gasteiger partial charge in [-0.05, 0) is 60.8 Å². The van der Waals surface area contributed by atoms with Crippen molar-refractivity contribution in [2.45, 2.75) is 6.92 Å². The molecule has 1 N–H and O–H groups in total. The van der Waals surface area contributed by atoms with Crippen LogP contribution in [0.15, 0.2) is 64.4 Å². The smallest absolute Gasteiger partial charge is 0.336 e. The molecule has 0 atom stereocenters. The van der Waals surface area contributed by atoms with E-state index < -0.39 is 5.97 Å². The fraction of sp³-hybridized carbons (Fsp3) is 0.0526. The van der Waals surface area contributed by atoms with E-state index in [4.69, 9.17) is 9.15 Å². The Labute approximate surface area is 148 Å². The minimum absolute atomic E-state index is 0.170. The Morgan fingerprint density at radius 1 is 1.12 bits per heavy atom. The molecular formula is C19H15NO4S. The van der Waals surface area contributed by atoms with Crippen LogP contribution in [-0.4, -0.2) is 11.9 Å². The fourth-order valence-corrected chi connectivity index (χ4v) is 2.67. The van der Waals surface area contributed by atoms with Gasteiger partial charge in [0.1, 0.15) is 17.3 Å². The second-order valence-electron chi connectivity index (χ2n) is 5.16. The van der Waals surface area contributed by atoms with Crippen LogP contribution in [0.2, 0.25) is 0 Å². The van der Waals surface area contributed by atoms with Crippen molar-refractivity contribution in [3.63, 3.8) is 0 Å². The molecule has 2 heterocycles. The summed E-state index contributed by atoms with van der Waals surface area (Å²) in [6.07, 6.45) is 2.84. The molecule has 3 aromatic rings. The number of aryl methyl sites for hydroxylation is 1. The molecule has 0 aliphatic rings. The van der Waals surface area contributed by atoms with Crippen LogP contribution in [0.1, 0.15) is 21.2 Å². The highest BCUT2D eigenvalue weighted by Gasteiger charge is 2.07. The molecule has 0 aliphatic carbocycles. The number of benzene rings is 1. The Balaban J connectivity index is 1.56. The molecule has 6 heteroatoms. The van der Waals surface area contributed by atoms with Gasteiger partial charge in [0.05, 0.1) is 4.88 Å². The number of anilines is 1. The number of rotatable bonds is 5. The lowest BCUT2D eigenvalue weighted by molar-refractivity contribution is -0.128. The van der Waals surface area contributed by atoms with Crippen LogP contribution >= 0.6 is 11.3 Å². The van der Waals surface area contributed by atoms with Crippen molar-refractivity contribution in [1.82, 2.24) is 0 Å². The summed E-state index contributed by atoms with van der Waals surface area (Å²) in [6, 6.07) is 13.7. The van der Waals surface area contributed by atoms with Gasteiger partial charge in [-0.1, -0.05) is 6.07 Å². The number of nitrogens with one attached hydrogen (secondary N) is 1. The number of thiophene rings is 1. The molecule has 0 aliphatic heterocycles. The largest absolute Gasteiger partial charge is 0.462 e. The van der Waals surface area contributed by atoms with Gasteiger partial charge in [0.15, 0.2) is 0 Å². The monoisotopic (exact) mass is 353 g/mol. The molecule has 0 unspecified atom stereocenters. The molecule has 0 radical (unpaired) electrons. The Bertz CT molecular complexity index is 892. The van der Waals surface area contributed by atoms with Crippen molar-refractivity contribution in [3.05, 3.63) is 76.4 Å². The van der Waals surface area contributed by atoms with Gasteiger partial charge in [0.2, 0.25) is 0 Å². The van der Waals surface area contributed by atoms with Crippen molar-refractivity contribution in [2.75, 3.05) is 5.32 Å². The molecule has 1 amide bonds. The Morgan fingerprint density at radius 2 is 1.92 bits per heavy atom. The van der Waals surface area contributed by atoms with Crippen LogP contribution in [0.3, 0.4) is 0 Å². The molecule has 126 valence electrons. The van der Waals surface area contributed by atoms with Crippen LogP contribution in [0.5, 0.6) is 5.75 Å². The van der Waals surface area contributed by atoms with Gasteiger partial charge < -0.3 is 14.5 Å². The maximum atomic E-state index is 12.0. The lowest BCUT2D eigenvalue weighted by atomic mass is 10.3. The van der Waals surface area contributed by atoms with Crippen molar-refractivity contribution in [2.24, 2.45) is 0 Å². The summed E-state index contributed by atoms with van der Waals surface area (Å²) in [6.45, 7) is 1.83. The first kappa shape index (κ1) is 16.7. The molecule has 0 bridgehead atoms. The number of hydrogen-bond acceptors (Lipinski definition) is 5. The molecule has 3 rings (SSSR count). The summed E-state index contributed by atoms with van der Waals surface area (Å²) in [5, 5.41) is 4.62. The highest BCUT2D eigenvalue weighted by molar-refractivity contribution is 7.12. The third kappa shape index (κ3) is 4.68. The van der Waals surface area contributed by atoms with Crippen molar-refractivity contribution in [3.8, 4) is 5.75 Å². The third-order valence-corrected chi connectivity index (χ3v) is 4.09. The first-order chi connectivity index (χ1) is 12.1. The third-order valence-electron chi connectivity index (χ3n) is 3.22. The van der Waals surface area contributed by atoms with E-state index in [1.807, 2.05) is 24.4 Å². The molecule has 0 saturated heterocycles. The maximum Gasteiger partial charge on any atom is 0.336 e. The van der Waals surface area contributed by atoms with Crippen molar-refractivity contribution >= 4 is 35.0 Å². The van der Waals surface area contributed by atoms with E-state index in [0.717, 1.165) is 5.76 Å². The van der Waals surface area contributed by atoms with Crippen LogP contribution in [0.25, 0.3) is 6.08 Å². The van der Waals surface area contributed by atoms with Gasteiger partial charge in [-0.25, -0.2) is 4.79 Å². The summed E-state index contributed by atoms with van der Waals surface area (Å²) in [5.41, 5.74) is 0.625. The van der Waals surface area contributed by atoms with Crippen LogP contribution in [0.4, 0.5) is 5.69 Å². The van der Waals surface area contributed by atoms with E-state index in [1.54, 1.807) is 42.5 Å². The number of ether oxygens (including phenoxy) is 1. The van der Waals surface area contributed by atoms with Crippen LogP contribution in [0, 0.1) is 6.92 Å². The van der Waals surface area contributed by atoms with Gasteiger partial charge in [-0.15, -0.1) is 11.3 Å². The highest BCUT2D eigenvalue weighted by atomic mass is 32.1. The Morgan fingerprint density at radius 3 is 2.56 bits per heavy atom. The lowest BCUT2D eigenvalue weighted by Gasteiger charge is -2.05. The van der Waals surface area contributed by atoms with E-state index in [1.165, 1.54) is 17.4 Å². The van der Waals surface area contributed by atoms with Crippen molar-refractivity contribution < 1.29 is 18.7 Å². The Kier molecular flexibility index (Phi) is 5.11. The average Bonchev–Trinajstić information content (AvgIpc) is 3.26. The van der Waals surface area contributed by atoms with Gasteiger partial charge in [0.25, 0.3) is 5.91 Å². The molecule has 0 fully saturated rings. The molecule has 1 aromatic carbocycles. The minimum Gasteiger partial charge on any atom is -0.462 e. The van der Waals surface area contributed by atoms with E-state index in [2.05, 4.69) is 5.32 Å². The fourth-order valence-electron chi connectivity index (χ4n) is 2.05. The van der Waals surface area contributed by atoms with Gasteiger partial charge in [0, 0.05) is 11.8 Å². The number of carbonyl (C=O) groups is 2. The number of esters is 1. The molecule has 5 nitrogen and oxygen atoms in total. The topological polar surface area (TPSA) is 68.5 Å². The van der Waals surface area contributed by atoms with E-state index in [0.29, 0.717) is 22.1 Å². The SMILES string of the molecule is Cc1ccc(/C=C/C(=O)Oc2ccc(NC(=O)c3cccs3)cc2)o1. The first-order valence-electron chi connectivity index (χ1n) is 7.51. The second-order valence-corrected chi connectivity index (χ2v) is 6.11. The minimum atomic E-state index is -0.510. The second kappa shape index (κ2) is 7.63. The van der Waals surface area contributed by atoms with E-state index in [9.17, 15) is 9.59 Å². The summed E-state index contributed by atoms with van der Waals surface area (Å²) in [7, 11) is 0. The molecule has 0 spiro atoms. The number of hydrogen-bond donors (Lipinski definition) is 1. The number of carbonyl (C=O) groups excluding carboxylic acids is 2. The predicted octanol–water partition coefficient (Wildman–Crippen LogP) is 4.52. The van der Waals surface area contributed by atoms with Gasteiger partial charge in [-0.3, -0.25) is 4.79 Å². The van der Waals surface area contributed by atoms with Crippen molar-refractivity contribution in [1.29, 1.82) is 0 Å². The normalized spacial score (nSPS) is 10.8. The van der Waals surface area contributed by atoms with E-state index in [-0.39, 0.29) is 5.91 Å². The quantitative estimate of drug-likeness (QED) is 0.416. The average molecular weight is 353 g/mol. The maximum absolute atomic E-state index is 12.0. The highest BCUT2D eigenvalue weighted by Crippen LogP contribution is 2.18. The Hall–Kier alpha value is -3.12. The summed E-state index contributed by atoms with van der Waals surface area (Å²) >= 11 is 1.37. The van der Waals surface area contributed by atoms with Gasteiger partial charge in [-0.2, -0.15) is 0 Å². The summed E-state index contributed by atoms with van der Waals surface area (Å²) < 4.78 is 10.5. The standard InChI is InChI=1S/C19H15NO4S/c1-13-4-7-15(23-13)10-11-18(21)24-16-8-5-14(6-9-16)20-19(22)17-3-2-12-25-17/h2-12H,1H3,(H,20,22)/b11-10+. The first-order valence-corrected chi connectivity index (χ1v) is 8.39. The number of amides is 1. The van der Waals surface area contributed by atoms with Crippen LogP contribution < -0.4 is 10.1 Å². The molecule has 2 aromatic heterocycles. The predicted molar refractivity (Wildman–Crippen MR) is 96.8 cm³/mol. The summed E-state index contributed by atoms with van der Waals surface area (Å²) in [5.74, 6) is 1.06.